The van der Waals surface area contributed by atoms with E-state index >= 15 is 0 Å². The summed E-state index contributed by atoms with van der Waals surface area (Å²) in [6, 6.07) is 0.746. The van der Waals surface area contributed by atoms with Crippen molar-refractivity contribution >= 4 is 5.84 Å². The van der Waals surface area contributed by atoms with Gasteiger partial charge in [0.15, 0.2) is 0 Å². The zero-order chi connectivity index (χ0) is 14.5. The number of nitrogens with one attached hydrogen (secondary N) is 1. The van der Waals surface area contributed by atoms with E-state index in [2.05, 4.69) is 37.6 Å². The Balaban J connectivity index is 2.24. The average molecular weight is 268 g/mol. The summed E-state index contributed by atoms with van der Waals surface area (Å²) in [4.78, 5) is 5.03. The summed E-state index contributed by atoms with van der Waals surface area (Å²) in [5.41, 5.74) is 5.47. The fraction of sp³-hybridized carbons (Fsp3) is 0.933. The van der Waals surface area contributed by atoms with Crippen LogP contribution < -0.4 is 5.73 Å². The van der Waals surface area contributed by atoms with Gasteiger partial charge >= 0.3 is 0 Å². The first-order valence-corrected chi connectivity index (χ1v) is 7.64. The molecular weight excluding hydrogens is 236 g/mol. The number of hydrogen-bond donors (Lipinski definition) is 2. The largest absolute Gasteiger partial charge is 0.387 e. The van der Waals surface area contributed by atoms with Gasteiger partial charge in [-0.2, -0.15) is 0 Å². The van der Waals surface area contributed by atoms with E-state index in [4.69, 9.17) is 11.1 Å². The third-order valence-corrected chi connectivity index (χ3v) is 4.50. The number of amidine groups is 1. The molecule has 0 aromatic carbocycles. The Labute approximate surface area is 118 Å². The van der Waals surface area contributed by atoms with Crippen molar-refractivity contribution < 1.29 is 0 Å². The zero-order valence-electron chi connectivity index (χ0n) is 13.2. The van der Waals surface area contributed by atoms with Crippen LogP contribution in [-0.4, -0.2) is 54.9 Å². The molecule has 0 amide bonds. The summed E-state index contributed by atoms with van der Waals surface area (Å²) in [6.45, 7) is 11.1. The molecule has 4 heteroatoms. The molecule has 1 aliphatic rings. The topological polar surface area (TPSA) is 56.4 Å². The molecule has 0 saturated carbocycles. The Morgan fingerprint density at radius 3 is 2.74 bits per heavy atom. The van der Waals surface area contributed by atoms with Crippen molar-refractivity contribution in [3.63, 3.8) is 0 Å². The van der Waals surface area contributed by atoms with E-state index in [0.717, 1.165) is 25.4 Å². The number of likely N-dealkylation sites (tertiary alicyclic amines) is 1. The van der Waals surface area contributed by atoms with Gasteiger partial charge < -0.3 is 10.6 Å². The second kappa shape index (κ2) is 7.25. The lowest BCUT2D eigenvalue weighted by Crippen LogP contribution is -2.39. The molecular formula is C15H32N4. The highest BCUT2D eigenvalue weighted by molar-refractivity contribution is 5.82. The molecule has 1 fully saturated rings. The third kappa shape index (κ3) is 5.11. The maximum Gasteiger partial charge on any atom is 0.0963 e. The molecule has 19 heavy (non-hydrogen) atoms. The summed E-state index contributed by atoms with van der Waals surface area (Å²) in [5.74, 6) is 0.308. The Hall–Kier alpha value is -0.610. The molecule has 1 saturated heterocycles. The highest BCUT2D eigenvalue weighted by Crippen LogP contribution is 2.22. The van der Waals surface area contributed by atoms with Gasteiger partial charge in [0, 0.05) is 18.0 Å². The molecule has 1 aliphatic heterocycles. The van der Waals surface area contributed by atoms with Crippen molar-refractivity contribution in [3.05, 3.63) is 0 Å². The number of nitrogens with zero attached hydrogens (tertiary/aromatic N) is 2. The van der Waals surface area contributed by atoms with Crippen molar-refractivity contribution in [2.75, 3.05) is 33.2 Å². The molecule has 1 heterocycles. The lowest BCUT2D eigenvalue weighted by atomic mass is 9.86. The first kappa shape index (κ1) is 16.4. The summed E-state index contributed by atoms with van der Waals surface area (Å²) in [7, 11) is 2.22. The van der Waals surface area contributed by atoms with E-state index in [0.29, 0.717) is 5.84 Å². The zero-order valence-corrected chi connectivity index (χ0v) is 13.2. The molecule has 112 valence electrons. The summed E-state index contributed by atoms with van der Waals surface area (Å²) in [5, 5.41) is 7.57. The number of nitrogens with two attached hydrogens (primary N) is 1. The van der Waals surface area contributed by atoms with Crippen molar-refractivity contribution in [2.45, 2.75) is 52.5 Å². The molecule has 0 aliphatic carbocycles. The maximum absolute atomic E-state index is 7.57. The minimum absolute atomic E-state index is 0.149. The fourth-order valence-corrected chi connectivity index (χ4v) is 2.89. The fourth-order valence-electron chi connectivity index (χ4n) is 2.89. The van der Waals surface area contributed by atoms with E-state index in [1.165, 1.54) is 32.5 Å². The monoisotopic (exact) mass is 268 g/mol. The Bertz CT molecular complexity index is 288. The normalized spacial score (nSPS) is 21.2. The van der Waals surface area contributed by atoms with E-state index in [1.807, 2.05) is 0 Å². The van der Waals surface area contributed by atoms with E-state index in [-0.39, 0.29) is 5.41 Å². The van der Waals surface area contributed by atoms with E-state index in [1.54, 1.807) is 0 Å². The van der Waals surface area contributed by atoms with Gasteiger partial charge in [0.1, 0.15) is 0 Å². The smallest absolute Gasteiger partial charge is 0.0963 e. The molecule has 1 unspecified atom stereocenters. The minimum atomic E-state index is -0.149. The van der Waals surface area contributed by atoms with Gasteiger partial charge in [0.05, 0.1) is 5.84 Å². The van der Waals surface area contributed by atoms with Gasteiger partial charge in [-0.1, -0.05) is 20.8 Å². The van der Waals surface area contributed by atoms with E-state index < -0.39 is 0 Å². The molecule has 3 N–H and O–H groups in total. The second-order valence-electron chi connectivity index (χ2n) is 6.59. The summed E-state index contributed by atoms with van der Waals surface area (Å²) >= 11 is 0. The predicted molar refractivity (Wildman–Crippen MR) is 82.7 cm³/mol. The van der Waals surface area contributed by atoms with Crippen LogP contribution in [0.15, 0.2) is 0 Å². The summed E-state index contributed by atoms with van der Waals surface area (Å²) in [6.07, 6.45) is 4.80. The molecule has 0 radical (unpaired) electrons. The SMILES string of the molecule is CCN1CCCC1CN(C)CCCC(C)(C)C(=N)N. The lowest BCUT2D eigenvalue weighted by molar-refractivity contribution is 0.194. The van der Waals surface area contributed by atoms with Gasteiger partial charge in [-0.05, 0) is 52.4 Å². The maximum atomic E-state index is 7.57. The molecule has 0 spiro atoms. The van der Waals surface area contributed by atoms with Crippen LogP contribution in [0.2, 0.25) is 0 Å². The van der Waals surface area contributed by atoms with Crippen LogP contribution in [0, 0.1) is 10.8 Å². The summed E-state index contributed by atoms with van der Waals surface area (Å²) < 4.78 is 0. The quantitative estimate of drug-likeness (QED) is 0.524. The predicted octanol–water partition coefficient (Wildman–Crippen LogP) is 2.14. The first-order chi connectivity index (χ1) is 8.86. The van der Waals surface area contributed by atoms with Crippen LogP contribution in [0.4, 0.5) is 0 Å². The number of hydrogen-bond acceptors (Lipinski definition) is 3. The van der Waals surface area contributed by atoms with E-state index in [9.17, 15) is 0 Å². The second-order valence-corrected chi connectivity index (χ2v) is 6.59. The van der Waals surface area contributed by atoms with Crippen molar-refractivity contribution in [1.82, 2.24) is 9.80 Å². The van der Waals surface area contributed by atoms with Crippen LogP contribution in [0.3, 0.4) is 0 Å². The van der Waals surface area contributed by atoms with Gasteiger partial charge in [-0.15, -0.1) is 0 Å². The van der Waals surface area contributed by atoms with Crippen molar-refractivity contribution in [1.29, 1.82) is 5.41 Å². The first-order valence-electron chi connectivity index (χ1n) is 7.64. The average Bonchev–Trinajstić information content (AvgIpc) is 2.75. The number of rotatable bonds is 8. The Kier molecular flexibility index (Phi) is 6.27. The lowest BCUT2D eigenvalue weighted by Gasteiger charge is -2.29. The third-order valence-electron chi connectivity index (χ3n) is 4.50. The van der Waals surface area contributed by atoms with Gasteiger partial charge in [0.2, 0.25) is 0 Å². The van der Waals surface area contributed by atoms with Gasteiger partial charge in [-0.25, -0.2) is 0 Å². The Morgan fingerprint density at radius 2 is 2.16 bits per heavy atom. The minimum Gasteiger partial charge on any atom is -0.387 e. The molecule has 1 atom stereocenters. The van der Waals surface area contributed by atoms with Crippen LogP contribution >= 0.6 is 0 Å². The molecule has 0 bridgehead atoms. The standard InChI is InChI=1S/C15H32N4/c1-5-19-11-6-8-13(19)12-18(4)10-7-9-15(2,3)14(16)17/h13H,5-12H2,1-4H3,(H3,16,17). The van der Waals surface area contributed by atoms with Crippen molar-refractivity contribution in [2.24, 2.45) is 11.1 Å². The molecule has 1 rings (SSSR count). The van der Waals surface area contributed by atoms with Crippen molar-refractivity contribution in [3.8, 4) is 0 Å². The number of likely N-dealkylation sites (N-methyl/N-ethyl adjacent to an activating group) is 2. The molecule has 4 nitrogen and oxygen atoms in total. The van der Waals surface area contributed by atoms with Gasteiger partial charge in [-0.3, -0.25) is 10.3 Å². The Morgan fingerprint density at radius 1 is 1.47 bits per heavy atom. The van der Waals surface area contributed by atoms with Gasteiger partial charge in [0.25, 0.3) is 0 Å². The molecule has 0 aromatic heterocycles. The van der Waals surface area contributed by atoms with Crippen LogP contribution in [-0.2, 0) is 0 Å². The van der Waals surface area contributed by atoms with Crippen LogP contribution in [0.1, 0.15) is 46.5 Å². The highest BCUT2D eigenvalue weighted by atomic mass is 15.2. The molecule has 0 aromatic rings. The van der Waals surface area contributed by atoms with Crippen LogP contribution in [0.5, 0.6) is 0 Å². The highest BCUT2D eigenvalue weighted by Gasteiger charge is 2.24. The van der Waals surface area contributed by atoms with Crippen LogP contribution in [0.25, 0.3) is 0 Å².